The van der Waals surface area contributed by atoms with E-state index >= 15 is 0 Å². The number of aryl methyl sites for hydroxylation is 1. The van der Waals surface area contributed by atoms with E-state index in [1.54, 1.807) is 17.8 Å². The maximum absolute atomic E-state index is 12.3. The molecular weight excluding hydrogens is 368 g/mol. The molecule has 0 unspecified atom stereocenters. The van der Waals surface area contributed by atoms with Gasteiger partial charge in [0.1, 0.15) is 18.8 Å². The minimum atomic E-state index is -0.347. The van der Waals surface area contributed by atoms with Crippen molar-refractivity contribution < 1.29 is 9.53 Å². The molecule has 1 aromatic heterocycles. The van der Waals surface area contributed by atoms with E-state index in [1.165, 1.54) is 6.33 Å². The number of rotatable bonds is 7. The zero-order chi connectivity index (χ0) is 20.5. The van der Waals surface area contributed by atoms with Crippen molar-refractivity contribution in [3.05, 3.63) is 83.4 Å². The van der Waals surface area contributed by atoms with Crippen LogP contribution in [0, 0.1) is 0 Å². The molecule has 2 N–H and O–H groups in total. The fourth-order valence-electron chi connectivity index (χ4n) is 2.66. The Hall–Kier alpha value is -3.68. The second-order valence-electron chi connectivity index (χ2n) is 6.34. The van der Waals surface area contributed by atoms with Crippen LogP contribution in [0.3, 0.4) is 0 Å². The van der Waals surface area contributed by atoms with Crippen molar-refractivity contribution in [1.29, 1.82) is 0 Å². The Morgan fingerprint density at radius 2 is 1.83 bits per heavy atom. The van der Waals surface area contributed by atoms with E-state index in [0.29, 0.717) is 24.6 Å². The van der Waals surface area contributed by atoms with E-state index in [1.807, 2.05) is 55.6 Å². The lowest BCUT2D eigenvalue weighted by molar-refractivity contribution is 0.0472. The van der Waals surface area contributed by atoms with E-state index in [2.05, 4.69) is 25.7 Å². The number of esters is 1. The van der Waals surface area contributed by atoms with E-state index < -0.39 is 0 Å². The zero-order valence-corrected chi connectivity index (χ0v) is 16.5. The highest BCUT2D eigenvalue weighted by Gasteiger charge is 2.09. The summed E-state index contributed by atoms with van der Waals surface area (Å²) in [5, 5.41) is 10.4. The van der Waals surface area contributed by atoms with Crippen LogP contribution >= 0.6 is 0 Å². The first kappa shape index (κ1) is 20.1. The maximum Gasteiger partial charge on any atom is 0.338 e. The number of guanidine groups is 1. The minimum absolute atomic E-state index is 0.251. The Kier molecular flexibility index (Phi) is 6.94. The number of hydrogen-bond donors (Lipinski definition) is 2. The average Bonchev–Trinajstić information content (AvgIpc) is 3.18. The fourth-order valence-corrected chi connectivity index (χ4v) is 2.66. The van der Waals surface area contributed by atoms with Crippen LogP contribution in [0.15, 0.2) is 65.9 Å². The lowest BCUT2D eigenvalue weighted by Crippen LogP contribution is -2.37. The van der Waals surface area contributed by atoms with Crippen LogP contribution in [-0.4, -0.2) is 33.7 Å². The average molecular weight is 392 g/mol. The third-order valence-corrected chi connectivity index (χ3v) is 4.28. The Morgan fingerprint density at radius 1 is 1.07 bits per heavy atom. The molecule has 0 aliphatic carbocycles. The summed E-state index contributed by atoms with van der Waals surface area (Å²) in [7, 11) is 3.53. The van der Waals surface area contributed by atoms with Gasteiger partial charge in [0, 0.05) is 20.6 Å². The number of ether oxygens (including phenoxy) is 1. The maximum atomic E-state index is 12.3. The molecule has 29 heavy (non-hydrogen) atoms. The Morgan fingerprint density at radius 3 is 2.55 bits per heavy atom. The van der Waals surface area contributed by atoms with Crippen molar-refractivity contribution in [3.63, 3.8) is 0 Å². The predicted molar refractivity (Wildman–Crippen MR) is 110 cm³/mol. The summed E-state index contributed by atoms with van der Waals surface area (Å²) in [6.07, 6.45) is 1.51. The largest absolute Gasteiger partial charge is 0.457 e. The Balaban J connectivity index is 1.52. The molecular formula is C21H24N6O2. The molecule has 0 aliphatic heterocycles. The van der Waals surface area contributed by atoms with Gasteiger partial charge in [-0.15, -0.1) is 0 Å². The molecule has 0 radical (unpaired) electrons. The minimum Gasteiger partial charge on any atom is -0.457 e. The van der Waals surface area contributed by atoms with Crippen LogP contribution in [0.2, 0.25) is 0 Å². The predicted octanol–water partition coefficient (Wildman–Crippen LogP) is 2.04. The molecule has 150 valence electrons. The molecule has 0 spiro atoms. The Labute approximate surface area is 169 Å². The van der Waals surface area contributed by atoms with E-state index in [9.17, 15) is 4.79 Å². The second-order valence-corrected chi connectivity index (χ2v) is 6.34. The Bertz CT molecular complexity index is 968. The fraction of sp³-hybridized carbons (Fsp3) is 0.238. The number of nitrogens with zero attached hydrogens (tertiary/aromatic N) is 4. The molecule has 0 aliphatic rings. The van der Waals surface area contributed by atoms with Gasteiger partial charge in [0.25, 0.3) is 0 Å². The summed E-state index contributed by atoms with van der Waals surface area (Å²) in [6.45, 7) is 1.26. The summed E-state index contributed by atoms with van der Waals surface area (Å²) in [6, 6.07) is 17.0. The highest BCUT2D eigenvalue weighted by atomic mass is 16.5. The van der Waals surface area contributed by atoms with Gasteiger partial charge in [-0.2, -0.15) is 5.10 Å². The molecule has 0 bridgehead atoms. The van der Waals surface area contributed by atoms with Gasteiger partial charge in [0.2, 0.25) is 0 Å². The summed E-state index contributed by atoms with van der Waals surface area (Å²) >= 11 is 0. The SMILES string of the molecule is CN=C(NCc1cccc(C(=O)OCc2ccccc2)c1)NCc1ncnn1C. The standard InChI is InChI=1S/C21H24N6O2/c1-22-21(24-13-19-25-15-26-27(19)2)23-12-17-9-6-10-18(11-17)20(28)29-14-16-7-4-3-5-8-16/h3-11,15H,12-14H2,1-2H3,(H2,22,23,24). The first-order valence-corrected chi connectivity index (χ1v) is 9.23. The van der Waals surface area contributed by atoms with Crippen LogP contribution < -0.4 is 10.6 Å². The first-order chi connectivity index (χ1) is 14.2. The van der Waals surface area contributed by atoms with Gasteiger partial charge in [-0.1, -0.05) is 42.5 Å². The molecule has 0 saturated carbocycles. The number of aromatic nitrogens is 3. The highest BCUT2D eigenvalue weighted by Crippen LogP contribution is 2.09. The van der Waals surface area contributed by atoms with Crippen molar-refractivity contribution >= 4 is 11.9 Å². The lowest BCUT2D eigenvalue weighted by Gasteiger charge is -2.12. The molecule has 3 rings (SSSR count). The van der Waals surface area contributed by atoms with Gasteiger partial charge >= 0.3 is 5.97 Å². The number of carbonyl (C=O) groups excluding carboxylic acids is 1. The molecule has 1 heterocycles. The third-order valence-electron chi connectivity index (χ3n) is 4.28. The van der Waals surface area contributed by atoms with Crippen LogP contribution in [0.5, 0.6) is 0 Å². The van der Waals surface area contributed by atoms with Crippen molar-refractivity contribution in [2.75, 3.05) is 7.05 Å². The molecule has 0 saturated heterocycles. The third kappa shape index (κ3) is 5.90. The number of aliphatic imine (C=N–C) groups is 1. The van der Waals surface area contributed by atoms with Crippen LogP contribution in [0.4, 0.5) is 0 Å². The van der Waals surface area contributed by atoms with Crippen molar-refractivity contribution in [2.45, 2.75) is 19.7 Å². The van der Waals surface area contributed by atoms with E-state index in [4.69, 9.17) is 4.74 Å². The summed E-state index contributed by atoms with van der Waals surface area (Å²) in [5.74, 6) is 1.08. The molecule has 8 nitrogen and oxygen atoms in total. The molecule has 0 amide bonds. The molecule has 0 atom stereocenters. The number of carbonyl (C=O) groups is 1. The lowest BCUT2D eigenvalue weighted by atomic mass is 10.1. The van der Waals surface area contributed by atoms with Crippen molar-refractivity contribution in [1.82, 2.24) is 25.4 Å². The monoisotopic (exact) mass is 392 g/mol. The molecule has 0 fully saturated rings. The van der Waals surface area contributed by atoms with Gasteiger partial charge < -0.3 is 15.4 Å². The van der Waals surface area contributed by atoms with Gasteiger partial charge in [-0.3, -0.25) is 9.67 Å². The first-order valence-electron chi connectivity index (χ1n) is 9.23. The number of nitrogens with one attached hydrogen (secondary N) is 2. The summed E-state index contributed by atoms with van der Waals surface area (Å²) in [4.78, 5) is 20.7. The summed E-state index contributed by atoms with van der Waals surface area (Å²) < 4.78 is 7.10. The van der Waals surface area contributed by atoms with Gasteiger partial charge in [0.15, 0.2) is 5.96 Å². The van der Waals surface area contributed by atoms with Crippen LogP contribution in [0.25, 0.3) is 0 Å². The normalized spacial score (nSPS) is 11.2. The summed E-state index contributed by atoms with van der Waals surface area (Å²) in [5.41, 5.74) is 2.42. The number of hydrogen-bond acceptors (Lipinski definition) is 5. The molecule has 8 heteroatoms. The van der Waals surface area contributed by atoms with Crippen LogP contribution in [-0.2, 0) is 31.5 Å². The van der Waals surface area contributed by atoms with Crippen LogP contribution in [0.1, 0.15) is 27.3 Å². The second kappa shape index (κ2) is 10.0. The van der Waals surface area contributed by atoms with Gasteiger partial charge in [-0.25, -0.2) is 9.78 Å². The van der Waals surface area contributed by atoms with E-state index in [0.717, 1.165) is 17.0 Å². The highest BCUT2D eigenvalue weighted by molar-refractivity contribution is 5.89. The van der Waals surface area contributed by atoms with E-state index in [-0.39, 0.29) is 12.6 Å². The van der Waals surface area contributed by atoms with Gasteiger partial charge in [0.05, 0.1) is 12.1 Å². The smallest absolute Gasteiger partial charge is 0.338 e. The zero-order valence-electron chi connectivity index (χ0n) is 16.5. The quantitative estimate of drug-likeness (QED) is 0.363. The number of benzene rings is 2. The van der Waals surface area contributed by atoms with Crippen molar-refractivity contribution in [3.8, 4) is 0 Å². The topological polar surface area (TPSA) is 93.4 Å². The molecule has 2 aromatic carbocycles. The molecule has 3 aromatic rings. The van der Waals surface area contributed by atoms with Gasteiger partial charge in [-0.05, 0) is 23.3 Å². The van der Waals surface area contributed by atoms with Crippen molar-refractivity contribution in [2.24, 2.45) is 12.0 Å².